The number of aliphatic hydroxyl groups excluding tert-OH is 1. The molecule has 2 aromatic heterocycles. The molecule has 0 amide bonds. The highest BCUT2D eigenvalue weighted by atomic mass is 16.3. The Kier molecular flexibility index (Phi) is 5.47. The molecule has 1 atom stereocenters. The van der Waals surface area contributed by atoms with Gasteiger partial charge in [0.1, 0.15) is 0 Å². The summed E-state index contributed by atoms with van der Waals surface area (Å²) in [4.78, 5) is 7.18. The molecule has 3 heterocycles. The first kappa shape index (κ1) is 19.1. The van der Waals surface area contributed by atoms with Gasteiger partial charge in [-0.3, -0.25) is 4.90 Å². The monoisotopic (exact) mass is 378 g/mol. The number of aromatic nitrogens is 3. The Labute approximate surface area is 167 Å². The number of piperidine rings is 1. The number of fused-ring (bicyclic) bond motifs is 1. The van der Waals surface area contributed by atoms with Crippen LogP contribution in [0, 0.1) is 11.3 Å². The van der Waals surface area contributed by atoms with Crippen LogP contribution in [0.1, 0.15) is 38.7 Å². The van der Waals surface area contributed by atoms with E-state index in [2.05, 4.69) is 42.2 Å². The van der Waals surface area contributed by atoms with Gasteiger partial charge >= 0.3 is 0 Å². The smallest absolute Gasteiger partial charge is 0.162 e. The van der Waals surface area contributed by atoms with Crippen LogP contribution < -0.4 is 0 Å². The van der Waals surface area contributed by atoms with Crippen LogP contribution in [0.5, 0.6) is 0 Å². The van der Waals surface area contributed by atoms with Gasteiger partial charge in [-0.05, 0) is 37.3 Å². The molecule has 1 aliphatic heterocycles. The summed E-state index contributed by atoms with van der Waals surface area (Å²) in [5.41, 5.74) is 4.28. The molecule has 1 aromatic carbocycles. The molecule has 1 N–H and O–H groups in total. The molecule has 5 nitrogen and oxygen atoms in total. The minimum Gasteiger partial charge on any atom is -0.396 e. The summed E-state index contributed by atoms with van der Waals surface area (Å²) in [7, 11) is 0. The van der Waals surface area contributed by atoms with Crippen LogP contribution in [0.3, 0.4) is 0 Å². The maximum atomic E-state index is 10.1. The minimum atomic E-state index is 0.0378. The zero-order valence-corrected chi connectivity index (χ0v) is 16.9. The summed E-state index contributed by atoms with van der Waals surface area (Å²) in [6, 6.07) is 10.3. The highest BCUT2D eigenvalue weighted by Gasteiger charge is 2.35. The molecule has 0 bridgehead atoms. The van der Waals surface area contributed by atoms with Gasteiger partial charge in [0.25, 0.3) is 0 Å². The van der Waals surface area contributed by atoms with Gasteiger partial charge in [-0.15, -0.1) is 0 Å². The SMILES string of the molecule is CC(C)C[C@@]1(CO)CCCN(Cc2cnc3c(-c4ccccc4)cnn3c2)C1. The Morgan fingerprint density at radius 3 is 2.75 bits per heavy atom. The maximum absolute atomic E-state index is 10.1. The number of nitrogens with zero attached hydrogens (tertiary/aromatic N) is 4. The first-order valence-electron chi connectivity index (χ1n) is 10.3. The van der Waals surface area contributed by atoms with Crippen molar-refractivity contribution in [2.24, 2.45) is 11.3 Å². The van der Waals surface area contributed by atoms with Crippen molar-refractivity contribution in [2.45, 2.75) is 39.7 Å². The number of hydrogen-bond donors (Lipinski definition) is 1. The lowest BCUT2D eigenvalue weighted by molar-refractivity contribution is 0.0132. The van der Waals surface area contributed by atoms with Crippen molar-refractivity contribution in [3.63, 3.8) is 0 Å². The van der Waals surface area contributed by atoms with Gasteiger partial charge in [0.15, 0.2) is 5.65 Å². The predicted molar refractivity (Wildman–Crippen MR) is 112 cm³/mol. The van der Waals surface area contributed by atoms with Crippen LogP contribution >= 0.6 is 0 Å². The molecule has 0 unspecified atom stereocenters. The highest BCUT2D eigenvalue weighted by Crippen LogP contribution is 2.36. The molecule has 28 heavy (non-hydrogen) atoms. The van der Waals surface area contributed by atoms with Crippen LogP contribution in [0.15, 0.2) is 48.9 Å². The van der Waals surface area contributed by atoms with Crippen molar-refractivity contribution in [3.8, 4) is 11.1 Å². The maximum Gasteiger partial charge on any atom is 0.162 e. The van der Waals surface area contributed by atoms with Crippen LogP contribution in [0.2, 0.25) is 0 Å². The van der Waals surface area contributed by atoms with E-state index in [-0.39, 0.29) is 12.0 Å². The Hall–Kier alpha value is -2.24. The lowest BCUT2D eigenvalue weighted by Gasteiger charge is -2.43. The summed E-state index contributed by atoms with van der Waals surface area (Å²) < 4.78 is 1.88. The lowest BCUT2D eigenvalue weighted by Crippen LogP contribution is -2.45. The Balaban J connectivity index is 1.52. The third-order valence-electron chi connectivity index (χ3n) is 5.82. The van der Waals surface area contributed by atoms with Gasteiger partial charge in [0.05, 0.1) is 6.20 Å². The van der Waals surface area contributed by atoms with Crippen molar-refractivity contribution in [1.29, 1.82) is 0 Å². The third kappa shape index (κ3) is 3.96. The van der Waals surface area contributed by atoms with Crippen molar-refractivity contribution < 1.29 is 5.11 Å². The van der Waals surface area contributed by atoms with Crippen molar-refractivity contribution in [3.05, 3.63) is 54.5 Å². The number of rotatable bonds is 6. The molecule has 1 saturated heterocycles. The molecular weight excluding hydrogens is 348 g/mol. The predicted octanol–water partition coefficient (Wildman–Crippen LogP) is 4.02. The summed E-state index contributed by atoms with van der Waals surface area (Å²) in [5.74, 6) is 0.602. The average molecular weight is 379 g/mol. The lowest BCUT2D eigenvalue weighted by atomic mass is 9.74. The molecule has 1 fully saturated rings. The largest absolute Gasteiger partial charge is 0.396 e. The molecule has 1 aliphatic rings. The summed E-state index contributed by atoms with van der Waals surface area (Å²) >= 11 is 0. The Morgan fingerprint density at radius 2 is 2.00 bits per heavy atom. The van der Waals surface area contributed by atoms with Crippen LogP contribution in [0.25, 0.3) is 16.8 Å². The highest BCUT2D eigenvalue weighted by molar-refractivity contribution is 5.76. The second-order valence-electron chi connectivity index (χ2n) is 8.72. The third-order valence-corrected chi connectivity index (χ3v) is 5.82. The molecule has 148 valence electrons. The summed E-state index contributed by atoms with van der Waals surface area (Å²) in [6.07, 6.45) is 9.30. The first-order chi connectivity index (χ1) is 13.6. The second kappa shape index (κ2) is 8.02. The van der Waals surface area contributed by atoms with Gasteiger partial charge in [-0.25, -0.2) is 9.50 Å². The minimum absolute atomic E-state index is 0.0378. The molecular formula is C23H30N4O. The van der Waals surface area contributed by atoms with Gasteiger partial charge in [-0.1, -0.05) is 44.2 Å². The molecule has 3 aromatic rings. The summed E-state index contributed by atoms with van der Waals surface area (Å²) in [5, 5.41) is 14.6. The van der Waals surface area contributed by atoms with E-state index in [1.54, 1.807) is 0 Å². The normalized spacial score (nSPS) is 20.9. The number of aliphatic hydroxyl groups is 1. The molecule has 0 radical (unpaired) electrons. The van der Waals surface area contributed by atoms with Gasteiger partial charge in [0.2, 0.25) is 0 Å². The summed E-state index contributed by atoms with van der Waals surface area (Å²) in [6.45, 7) is 7.65. The van der Waals surface area contributed by atoms with E-state index in [1.807, 2.05) is 35.1 Å². The van der Waals surface area contributed by atoms with Crippen molar-refractivity contribution in [1.82, 2.24) is 19.5 Å². The van der Waals surface area contributed by atoms with E-state index in [1.165, 1.54) is 0 Å². The number of hydrogen-bond acceptors (Lipinski definition) is 4. The fourth-order valence-electron chi connectivity index (χ4n) is 4.75. The molecule has 4 rings (SSSR count). The Bertz CT molecular complexity index is 921. The zero-order chi connectivity index (χ0) is 19.6. The quantitative estimate of drug-likeness (QED) is 0.704. The van der Waals surface area contributed by atoms with E-state index in [9.17, 15) is 5.11 Å². The van der Waals surface area contributed by atoms with E-state index >= 15 is 0 Å². The fourth-order valence-corrected chi connectivity index (χ4v) is 4.75. The standard InChI is InChI=1S/C23H30N4O/c1-18(2)11-23(17-28)9-6-10-26(16-23)14-19-12-24-22-21(13-25-27(22)15-19)20-7-4-3-5-8-20/h3-5,7-8,12-13,15,18,28H,6,9-11,14,16-17H2,1-2H3/t23-/m0/s1. The van der Waals surface area contributed by atoms with Gasteiger partial charge in [-0.2, -0.15) is 5.10 Å². The van der Waals surface area contributed by atoms with E-state index in [4.69, 9.17) is 4.98 Å². The molecule has 0 saturated carbocycles. The zero-order valence-electron chi connectivity index (χ0n) is 16.9. The van der Waals surface area contributed by atoms with Crippen LogP contribution in [-0.2, 0) is 6.54 Å². The first-order valence-corrected chi connectivity index (χ1v) is 10.3. The van der Waals surface area contributed by atoms with Gasteiger partial charge in [0, 0.05) is 48.6 Å². The fraction of sp³-hybridized carbons (Fsp3) is 0.478. The molecule has 0 spiro atoms. The van der Waals surface area contributed by atoms with E-state index < -0.39 is 0 Å². The van der Waals surface area contributed by atoms with E-state index in [0.717, 1.165) is 61.2 Å². The van der Waals surface area contributed by atoms with Crippen LogP contribution in [0.4, 0.5) is 0 Å². The number of benzene rings is 1. The van der Waals surface area contributed by atoms with Crippen LogP contribution in [-0.4, -0.2) is 44.3 Å². The van der Waals surface area contributed by atoms with E-state index in [0.29, 0.717) is 5.92 Å². The molecule has 0 aliphatic carbocycles. The topological polar surface area (TPSA) is 53.7 Å². The van der Waals surface area contributed by atoms with Gasteiger partial charge < -0.3 is 5.11 Å². The Morgan fingerprint density at radius 1 is 1.18 bits per heavy atom. The van der Waals surface area contributed by atoms with Crippen molar-refractivity contribution in [2.75, 3.05) is 19.7 Å². The average Bonchev–Trinajstić information content (AvgIpc) is 3.11. The second-order valence-corrected chi connectivity index (χ2v) is 8.72. The van der Waals surface area contributed by atoms with Crippen molar-refractivity contribution >= 4 is 5.65 Å². The number of likely N-dealkylation sites (tertiary alicyclic amines) is 1. The molecule has 5 heteroatoms.